The highest BCUT2D eigenvalue weighted by Gasteiger charge is 2.47. The average molecular weight is 463 g/mol. The van der Waals surface area contributed by atoms with Crippen LogP contribution >= 0.6 is 0 Å². The Morgan fingerprint density at radius 1 is 1.03 bits per heavy atom. The van der Waals surface area contributed by atoms with Gasteiger partial charge in [0.25, 0.3) is 5.91 Å². The first-order chi connectivity index (χ1) is 16.5. The number of carbonyl (C=O) groups excluding carboxylic acids is 2. The van der Waals surface area contributed by atoms with Crippen molar-refractivity contribution in [2.45, 2.75) is 18.4 Å². The molecule has 0 atom stereocenters. The van der Waals surface area contributed by atoms with Gasteiger partial charge in [-0.05, 0) is 24.3 Å². The van der Waals surface area contributed by atoms with Gasteiger partial charge in [0.15, 0.2) is 11.5 Å². The van der Waals surface area contributed by atoms with Gasteiger partial charge in [0.2, 0.25) is 5.75 Å². The summed E-state index contributed by atoms with van der Waals surface area (Å²) < 4.78 is 22.0. The third-order valence-electron chi connectivity index (χ3n) is 6.55. The lowest BCUT2D eigenvalue weighted by atomic mass is 9.83. The average Bonchev–Trinajstić information content (AvgIpc) is 3.47. The largest absolute Gasteiger partial charge is 0.493 e. The van der Waals surface area contributed by atoms with Crippen LogP contribution in [0.1, 0.15) is 39.3 Å². The molecule has 1 N–H and O–H groups in total. The van der Waals surface area contributed by atoms with Crippen LogP contribution in [0, 0.1) is 0 Å². The number of aromatic nitrogens is 2. The Balaban J connectivity index is 1.34. The fourth-order valence-corrected chi connectivity index (χ4v) is 4.77. The van der Waals surface area contributed by atoms with Crippen molar-refractivity contribution in [2.24, 2.45) is 0 Å². The van der Waals surface area contributed by atoms with E-state index in [-0.39, 0.29) is 11.9 Å². The Labute approximate surface area is 196 Å². The number of aromatic amines is 1. The first-order valence-electron chi connectivity index (χ1n) is 11.0. The van der Waals surface area contributed by atoms with Gasteiger partial charge in [-0.25, -0.2) is 4.79 Å². The number of H-pyrrole nitrogens is 1. The molecule has 2 aliphatic heterocycles. The van der Waals surface area contributed by atoms with E-state index < -0.39 is 5.60 Å². The summed E-state index contributed by atoms with van der Waals surface area (Å²) in [5.41, 5.74) is 2.55. The Morgan fingerprint density at radius 3 is 2.35 bits per heavy atom. The molecule has 1 spiro atoms. The molecular weight excluding hydrogens is 438 g/mol. The van der Waals surface area contributed by atoms with Crippen molar-refractivity contribution in [3.63, 3.8) is 0 Å². The maximum Gasteiger partial charge on any atom is 0.339 e. The number of hydrogen-bond donors (Lipinski definition) is 1. The van der Waals surface area contributed by atoms with Gasteiger partial charge < -0.3 is 23.8 Å². The van der Waals surface area contributed by atoms with Crippen LogP contribution in [0.3, 0.4) is 0 Å². The van der Waals surface area contributed by atoms with Gasteiger partial charge in [-0.1, -0.05) is 18.2 Å². The normalized spacial score (nSPS) is 16.2. The summed E-state index contributed by atoms with van der Waals surface area (Å²) in [6, 6.07) is 12.7. The van der Waals surface area contributed by atoms with Crippen LogP contribution in [0.5, 0.6) is 17.2 Å². The summed E-state index contributed by atoms with van der Waals surface area (Å²) >= 11 is 0. The van der Waals surface area contributed by atoms with Gasteiger partial charge in [0.05, 0.1) is 32.6 Å². The van der Waals surface area contributed by atoms with Crippen LogP contribution in [0.15, 0.2) is 42.5 Å². The predicted octanol–water partition coefficient (Wildman–Crippen LogP) is 3.40. The Bertz CT molecular complexity index is 1230. The fraction of sp³-hybridized carbons (Fsp3) is 0.320. The summed E-state index contributed by atoms with van der Waals surface area (Å²) in [5.74, 6) is 1.04. The lowest BCUT2D eigenvalue weighted by molar-refractivity contribution is -0.0390. The molecule has 0 bridgehead atoms. The number of hydrogen-bond acceptors (Lipinski definition) is 7. The fourth-order valence-electron chi connectivity index (χ4n) is 4.77. The maximum absolute atomic E-state index is 13.2. The van der Waals surface area contributed by atoms with Crippen LogP contribution < -0.4 is 14.2 Å². The Morgan fingerprint density at radius 2 is 1.71 bits per heavy atom. The molecule has 34 heavy (non-hydrogen) atoms. The van der Waals surface area contributed by atoms with Gasteiger partial charge in [0.1, 0.15) is 11.3 Å². The summed E-state index contributed by atoms with van der Waals surface area (Å²) in [6.45, 7) is 0.942. The summed E-state index contributed by atoms with van der Waals surface area (Å²) in [7, 11) is 4.63. The molecule has 176 valence electrons. The molecule has 2 aromatic carbocycles. The number of benzene rings is 2. The lowest BCUT2D eigenvalue weighted by Gasteiger charge is -2.38. The molecule has 0 radical (unpaired) electrons. The summed E-state index contributed by atoms with van der Waals surface area (Å²) in [4.78, 5) is 27.2. The topological polar surface area (TPSA) is 103 Å². The van der Waals surface area contributed by atoms with Crippen molar-refractivity contribution in [3.05, 3.63) is 59.3 Å². The molecule has 2 aliphatic rings. The highest BCUT2D eigenvalue weighted by molar-refractivity contribution is 5.95. The minimum Gasteiger partial charge on any atom is -0.493 e. The number of esters is 1. The smallest absolute Gasteiger partial charge is 0.339 e. The third-order valence-corrected chi connectivity index (χ3v) is 6.55. The standard InChI is InChI=1S/C25H25N3O6/c1-31-20-12-15(13-21(32-2)22(20)33-3)18-14-19(27-26-18)23(29)28-10-8-25(9-11-28)17-7-5-4-6-16(17)24(30)34-25/h4-7,12-14H,8-11H2,1-3H3,(H,26,27). The Kier molecular flexibility index (Phi) is 5.39. The number of fused-ring (bicyclic) bond motifs is 2. The Hall–Kier alpha value is -4.01. The zero-order valence-electron chi connectivity index (χ0n) is 19.2. The molecule has 9 nitrogen and oxygen atoms in total. The zero-order valence-corrected chi connectivity index (χ0v) is 19.2. The molecular formula is C25H25N3O6. The van der Waals surface area contributed by atoms with Crippen molar-refractivity contribution in [2.75, 3.05) is 34.4 Å². The molecule has 1 amide bonds. The SMILES string of the molecule is COc1cc(-c2cc(C(=O)N3CCC4(CC3)OC(=O)c3ccccc34)[nH]n2)cc(OC)c1OC. The number of nitrogens with one attached hydrogen (secondary N) is 1. The van der Waals surface area contributed by atoms with Gasteiger partial charge in [0, 0.05) is 37.1 Å². The first-order valence-corrected chi connectivity index (χ1v) is 11.0. The van der Waals surface area contributed by atoms with Gasteiger partial charge in [-0.2, -0.15) is 5.10 Å². The first kappa shape index (κ1) is 21.8. The number of likely N-dealkylation sites (tertiary alicyclic amines) is 1. The maximum atomic E-state index is 13.2. The molecule has 1 saturated heterocycles. The molecule has 0 aliphatic carbocycles. The highest BCUT2D eigenvalue weighted by Crippen LogP contribution is 2.44. The second-order valence-corrected chi connectivity index (χ2v) is 8.30. The number of carbonyl (C=O) groups is 2. The minimum absolute atomic E-state index is 0.154. The van der Waals surface area contributed by atoms with E-state index in [9.17, 15) is 9.59 Å². The number of nitrogens with zero attached hydrogens (tertiary/aromatic N) is 2. The number of methoxy groups -OCH3 is 3. The van der Waals surface area contributed by atoms with Gasteiger partial charge >= 0.3 is 5.97 Å². The van der Waals surface area contributed by atoms with E-state index in [1.807, 2.05) is 18.2 Å². The van der Waals surface area contributed by atoms with E-state index in [4.69, 9.17) is 18.9 Å². The van der Waals surface area contributed by atoms with E-state index in [0.29, 0.717) is 60.1 Å². The molecule has 0 saturated carbocycles. The lowest BCUT2D eigenvalue weighted by Crippen LogP contribution is -2.45. The highest BCUT2D eigenvalue weighted by atomic mass is 16.6. The van der Waals surface area contributed by atoms with Crippen LogP contribution in [0.2, 0.25) is 0 Å². The van der Waals surface area contributed by atoms with Crippen LogP contribution in [-0.2, 0) is 10.3 Å². The molecule has 1 fully saturated rings. The summed E-state index contributed by atoms with van der Waals surface area (Å²) in [5, 5.41) is 7.17. The minimum atomic E-state index is -0.653. The number of ether oxygens (including phenoxy) is 4. The van der Waals surface area contributed by atoms with Crippen LogP contribution in [0.4, 0.5) is 0 Å². The zero-order chi connectivity index (χ0) is 23.9. The molecule has 5 rings (SSSR count). The molecule has 3 heterocycles. The molecule has 1 aromatic heterocycles. The molecule has 0 unspecified atom stereocenters. The van der Waals surface area contributed by atoms with Crippen molar-refractivity contribution in [1.82, 2.24) is 15.1 Å². The van der Waals surface area contributed by atoms with Gasteiger partial charge in [-0.15, -0.1) is 0 Å². The van der Waals surface area contributed by atoms with E-state index in [1.54, 1.807) is 50.5 Å². The number of rotatable bonds is 5. The number of amides is 1. The van der Waals surface area contributed by atoms with Gasteiger partial charge in [-0.3, -0.25) is 9.89 Å². The van der Waals surface area contributed by atoms with Crippen molar-refractivity contribution >= 4 is 11.9 Å². The van der Waals surface area contributed by atoms with E-state index in [0.717, 1.165) is 11.1 Å². The van der Waals surface area contributed by atoms with Crippen molar-refractivity contribution in [1.29, 1.82) is 0 Å². The predicted molar refractivity (Wildman–Crippen MR) is 122 cm³/mol. The van der Waals surface area contributed by atoms with E-state index in [1.165, 1.54) is 0 Å². The number of piperidine rings is 1. The van der Waals surface area contributed by atoms with E-state index in [2.05, 4.69) is 10.2 Å². The second kappa shape index (κ2) is 8.40. The summed E-state index contributed by atoms with van der Waals surface area (Å²) in [6.07, 6.45) is 1.10. The quantitative estimate of drug-likeness (QED) is 0.579. The van der Waals surface area contributed by atoms with E-state index >= 15 is 0 Å². The molecule has 3 aromatic rings. The second-order valence-electron chi connectivity index (χ2n) is 8.30. The van der Waals surface area contributed by atoms with Crippen LogP contribution in [0.25, 0.3) is 11.3 Å². The van der Waals surface area contributed by atoms with Crippen molar-refractivity contribution in [3.8, 4) is 28.5 Å². The third kappa shape index (κ3) is 3.44. The molecule has 9 heteroatoms. The van der Waals surface area contributed by atoms with Crippen molar-refractivity contribution < 1.29 is 28.5 Å². The monoisotopic (exact) mass is 463 g/mol. The van der Waals surface area contributed by atoms with Crippen LogP contribution in [-0.4, -0.2) is 61.4 Å².